The number of nitrogens with one attached hydrogen (secondary N) is 2. The molecule has 0 spiro atoms. The van der Waals surface area contributed by atoms with Crippen LogP contribution in [-0.4, -0.2) is 45.7 Å². The molecular weight excluding hydrogens is 503 g/mol. The highest BCUT2D eigenvalue weighted by molar-refractivity contribution is 6.67. The number of nitrogens with two attached hydrogens (primary N) is 1. The van der Waals surface area contributed by atoms with Crippen LogP contribution in [0.15, 0.2) is 30.0 Å². The number of esters is 1. The van der Waals surface area contributed by atoms with Crippen molar-refractivity contribution in [2.75, 3.05) is 6.54 Å². The molecule has 2 amide bonds. The molecule has 11 heteroatoms. The third-order valence-corrected chi connectivity index (χ3v) is 6.16. The smallest absolute Gasteiger partial charge is 0.408 e. The third kappa shape index (κ3) is 9.03. The fourth-order valence-corrected chi connectivity index (χ4v) is 3.66. The number of carbonyl (C=O) groups excluding carboxylic acids is 3. The molecule has 1 atom stereocenters. The van der Waals surface area contributed by atoms with E-state index in [2.05, 4.69) is 5.32 Å². The van der Waals surface area contributed by atoms with E-state index in [9.17, 15) is 14.4 Å². The van der Waals surface area contributed by atoms with Crippen LogP contribution in [0.4, 0.5) is 9.18 Å². The van der Waals surface area contributed by atoms with Crippen molar-refractivity contribution >= 4 is 34.7 Å². The van der Waals surface area contributed by atoms with Gasteiger partial charge < -0.3 is 25.4 Å². The molecule has 1 aromatic carbocycles. The van der Waals surface area contributed by atoms with Crippen LogP contribution >= 0.6 is 11.6 Å². The molecule has 1 unspecified atom stereocenters. The Morgan fingerprint density at radius 3 is 2.41 bits per heavy atom. The van der Waals surface area contributed by atoms with Crippen molar-refractivity contribution in [3.8, 4) is 5.75 Å². The van der Waals surface area contributed by atoms with E-state index in [4.69, 9.17) is 32.2 Å². The van der Waals surface area contributed by atoms with Gasteiger partial charge in [-0.25, -0.2) is 14.0 Å². The molecule has 2 rings (SSSR count). The predicted molar refractivity (Wildman–Crippen MR) is 139 cm³/mol. The van der Waals surface area contributed by atoms with Gasteiger partial charge in [-0.1, -0.05) is 31.0 Å². The van der Waals surface area contributed by atoms with E-state index in [0.29, 0.717) is 12.5 Å². The van der Waals surface area contributed by atoms with Crippen LogP contribution < -0.4 is 15.8 Å². The van der Waals surface area contributed by atoms with Gasteiger partial charge in [0.05, 0.1) is 0 Å². The monoisotopic (exact) mass is 538 g/mol. The van der Waals surface area contributed by atoms with Gasteiger partial charge in [0.1, 0.15) is 33.6 Å². The number of halogens is 2. The standard InChI is InChI=1S/C26H36ClFN4O5/c1-6-26(5,31-24(35)37-25(2,3)4)23(34)36-18-11-10-17(19(28)12-18)15-32(14-16-8-7-9-16)22(33)20(29)13-21(27)30/h10-13,16,30H,6-9,14-15,29H2,1-5H3,(H,31,35)/b20-13-,30-21?. The molecular formula is C26H36ClFN4O5. The minimum Gasteiger partial charge on any atom is -0.444 e. The minimum atomic E-state index is -1.40. The molecule has 4 N–H and O–H groups in total. The third-order valence-electron chi connectivity index (χ3n) is 6.05. The van der Waals surface area contributed by atoms with E-state index in [-0.39, 0.29) is 35.1 Å². The highest BCUT2D eigenvalue weighted by atomic mass is 35.5. The summed E-state index contributed by atoms with van der Waals surface area (Å²) in [4.78, 5) is 39.3. The summed E-state index contributed by atoms with van der Waals surface area (Å²) >= 11 is 5.53. The van der Waals surface area contributed by atoms with Crippen molar-refractivity contribution in [3.63, 3.8) is 0 Å². The van der Waals surface area contributed by atoms with Crippen LogP contribution in [0.2, 0.25) is 0 Å². The number of alkyl carbamates (subject to hydrolysis) is 1. The first-order chi connectivity index (χ1) is 17.1. The van der Waals surface area contributed by atoms with Gasteiger partial charge in [-0.2, -0.15) is 0 Å². The van der Waals surface area contributed by atoms with Crippen molar-refractivity contribution in [2.24, 2.45) is 11.7 Å². The molecule has 9 nitrogen and oxygen atoms in total. The van der Waals surface area contributed by atoms with E-state index in [1.54, 1.807) is 27.7 Å². The number of hydrogen-bond acceptors (Lipinski definition) is 7. The topological polar surface area (TPSA) is 135 Å². The lowest BCUT2D eigenvalue weighted by atomic mass is 9.85. The number of amides is 2. The van der Waals surface area contributed by atoms with Gasteiger partial charge in [-0.15, -0.1) is 0 Å². The van der Waals surface area contributed by atoms with Crippen molar-refractivity contribution in [3.05, 3.63) is 41.4 Å². The van der Waals surface area contributed by atoms with Crippen LogP contribution in [-0.2, 0) is 20.9 Å². The number of nitrogens with zero attached hydrogens (tertiary/aromatic N) is 1. The molecule has 37 heavy (non-hydrogen) atoms. The fourth-order valence-electron chi connectivity index (χ4n) is 3.54. The van der Waals surface area contributed by atoms with E-state index in [1.165, 1.54) is 24.0 Å². The lowest BCUT2D eigenvalue weighted by Gasteiger charge is -2.32. The Morgan fingerprint density at radius 2 is 1.92 bits per heavy atom. The summed E-state index contributed by atoms with van der Waals surface area (Å²) in [6.45, 7) is 8.62. The quantitative estimate of drug-likeness (QED) is 0.172. The summed E-state index contributed by atoms with van der Waals surface area (Å²) in [6, 6.07) is 3.89. The second kappa shape index (κ2) is 12.4. The first-order valence-corrected chi connectivity index (χ1v) is 12.5. The summed E-state index contributed by atoms with van der Waals surface area (Å²) in [5, 5.41) is 9.46. The molecule has 1 aliphatic carbocycles. The fraction of sp³-hybridized carbons (Fsp3) is 0.538. The SMILES string of the molecule is CCC(C)(NC(=O)OC(C)(C)C)C(=O)Oc1ccc(CN(CC2CCC2)C(=O)/C(N)=C/C(=N)Cl)c(F)c1. The highest BCUT2D eigenvalue weighted by Gasteiger charge is 2.37. The van der Waals surface area contributed by atoms with Gasteiger partial charge in [0.25, 0.3) is 5.91 Å². The zero-order valence-electron chi connectivity index (χ0n) is 22.0. The number of hydrogen-bond donors (Lipinski definition) is 3. The number of ether oxygens (including phenoxy) is 2. The minimum absolute atomic E-state index is 0.0521. The van der Waals surface area contributed by atoms with Crippen LogP contribution in [0.3, 0.4) is 0 Å². The maximum Gasteiger partial charge on any atom is 0.408 e. The Kier molecular flexibility index (Phi) is 10.1. The largest absolute Gasteiger partial charge is 0.444 e. The molecule has 0 aromatic heterocycles. The lowest BCUT2D eigenvalue weighted by molar-refractivity contribution is -0.141. The van der Waals surface area contributed by atoms with E-state index in [0.717, 1.165) is 31.4 Å². The normalized spacial score (nSPS) is 15.7. The van der Waals surface area contributed by atoms with Crippen LogP contribution in [0.5, 0.6) is 5.75 Å². The Bertz CT molecular complexity index is 1070. The first kappa shape index (κ1) is 30.1. The van der Waals surface area contributed by atoms with Crippen LogP contribution in [0, 0.1) is 17.1 Å². The first-order valence-electron chi connectivity index (χ1n) is 12.2. The summed E-state index contributed by atoms with van der Waals surface area (Å²) in [6.07, 6.45) is 3.47. The van der Waals surface area contributed by atoms with Crippen LogP contribution in [0.1, 0.15) is 65.9 Å². The Balaban J connectivity index is 2.15. The number of rotatable bonds is 10. The molecule has 1 aromatic rings. The molecule has 204 valence electrons. The van der Waals surface area contributed by atoms with E-state index < -0.39 is 34.9 Å². The molecule has 0 heterocycles. The van der Waals surface area contributed by atoms with Gasteiger partial charge in [-0.3, -0.25) is 10.2 Å². The maximum absolute atomic E-state index is 15.0. The predicted octanol–water partition coefficient (Wildman–Crippen LogP) is 4.61. The molecule has 0 aliphatic heterocycles. The Morgan fingerprint density at radius 1 is 1.27 bits per heavy atom. The van der Waals surface area contributed by atoms with Gasteiger partial charge in [0.15, 0.2) is 0 Å². The van der Waals surface area contributed by atoms with Crippen molar-refractivity contribution in [1.82, 2.24) is 10.2 Å². The van der Waals surface area contributed by atoms with Crippen molar-refractivity contribution in [1.29, 1.82) is 5.41 Å². The number of carbonyl (C=O) groups is 3. The zero-order chi connectivity index (χ0) is 28.0. The van der Waals surface area contributed by atoms with E-state index >= 15 is 4.39 Å². The molecule has 1 fully saturated rings. The Labute approximate surface area is 222 Å². The van der Waals surface area contributed by atoms with Crippen LogP contribution in [0.25, 0.3) is 0 Å². The lowest BCUT2D eigenvalue weighted by Crippen LogP contribution is -2.54. The van der Waals surface area contributed by atoms with E-state index in [1.807, 2.05) is 0 Å². The van der Waals surface area contributed by atoms with Gasteiger partial charge in [0.2, 0.25) is 0 Å². The molecule has 1 aliphatic rings. The highest BCUT2D eigenvalue weighted by Crippen LogP contribution is 2.29. The second-order valence-electron chi connectivity index (χ2n) is 10.4. The zero-order valence-corrected chi connectivity index (χ0v) is 22.7. The number of benzene rings is 1. The average Bonchev–Trinajstić information content (AvgIpc) is 2.74. The van der Waals surface area contributed by atoms with Gasteiger partial charge in [0, 0.05) is 30.8 Å². The number of allylic oxidation sites excluding steroid dienone is 1. The van der Waals surface area contributed by atoms with Crippen molar-refractivity contribution in [2.45, 2.75) is 78.0 Å². The Hall–Kier alpha value is -3.14. The van der Waals surface area contributed by atoms with Gasteiger partial charge in [-0.05, 0) is 58.9 Å². The maximum atomic E-state index is 15.0. The summed E-state index contributed by atoms with van der Waals surface area (Å²) in [5.41, 5.74) is 3.65. The van der Waals surface area contributed by atoms with Crippen molar-refractivity contribution < 1.29 is 28.2 Å². The molecule has 0 saturated heterocycles. The summed E-state index contributed by atoms with van der Waals surface area (Å²) in [5.74, 6) is -1.76. The molecule has 1 saturated carbocycles. The molecule has 0 radical (unpaired) electrons. The molecule has 0 bridgehead atoms. The summed E-state index contributed by atoms with van der Waals surface area (Å²) in [7, 11) is 0. The summed E-state index contributed by atoms with van der Waals surface area (Å²) < 4.78 is 25.6. The second-order valence-corrected chi connectivity index (χ2v) is 10.8. The average molecular weight is 539 g/mol. The van der Waals surface area contributed by atoms with Gasteiger partial charge >= 0.3 is 12.1 Å².